The molecule has 7 nitrogen and oxygen atoms in total. The highest BCUT2D eigenvalue weighted by Gasteiger charge is 2.19. The molecule has 7 heteroatoms. The smallest absolute Gasteiger partial charge is 0.337 e. The van der Waals surface area contributed by atoms with E-state index in [4.69, 9.17) is 4.74 Å². The van der Waals surface area contributed by atoms with E-state index in [0.717, 1.165) is 11.1 Å². The van der Waals surface area contributed by atoms with Crippen molar-refractivity contribution >= 4 is 11.7 Å². The highest BCUT2D eigenvalue weighted by atomic mass is 16.6. The topological polar surface area (TPSA) is 95.2 Å². The second-order valence-electron chi connectivity index (χ2n) is 6.70. The van der Waals surface area contributed by atoms with Gasteiger partial charge in [-0.2, -0.15) is 0 Å². The van der Waals surface area contributed by atoms with Crippen LogP contribution in [0, 0.1) is 10.1 Å². The number of rotatable bonds is 5. The number of nitrogens with zero attached hydrogens (tertiary/aromatic N) is 3. The predicted molar refractivity (Wildman–Crippen MR) is 116 cm³/mol. The molecule has 0 radical (unpaired) electrons. The van der Waals surface area contributed by atoms with Gasteiger partial charge in [0, 0.05) is 17.2 Å². The Balaban J connectivity index is 1.92. The maximum atomic E-state index is 12.0. The van der Waals surface area contributed by atoms with E-state index in [1.165, 1.54) is 13.2 Å². The molecule has 0 unspecified atom stereocenters. The first-order valence-electron chi connectivity index (χ1n) is 9.44. The number of methoxy groups -OCH3 is 1. The lowest BCUT2D eigenvalue weighted by molar-refractivity contribution is -0.384. The average Bonchev–Trinajstić information content (AvgIpc) is 2.83. The molecular weight excluding hydrogens is 394 g/mol. The fourth-order valence-corrected chi connectivity index (χ4v) is 3.34. The van der Waals surface area contributed by atoms with Crippen LogP contribution in [0.2, 0.25) is 0 Å². The van der Waals surface area contributed by atoms with Crippen LogP contribution in [0.1, 0.15) is 10.4 Å². The Labute approximate surface area is 178 Å². The lowest BCUT2D eigenvalue weighted by Gasteiger charge is -2.12. The Kier molecular flexibility index (Phi) is 5.49. The first-order valence-corrected chi connectivity index (χ1v) is 9.44. The van der Waals surface area contributed by atoms with E-state index < -0.39 is 10.9 Å². The Morgan fingerprint density at radius 1 is 0.839 bits per heavy atom. The minimum Gasteiger partial charge on any atom is -0.465 e. The summed E-state index contributed by atoms with van der Waals surface area (Å²) in [7, 11) is 1.33. The molecule has 0 saturated carbocycles. The van der Waals surface area contributed by atoms with Crippen molar-refractivity contribution in [3.05, 3.63) is 101 Å². The third kappa shape index (κ3) is 4.02. The molecule has 0 saturated heterocycles. The van der Waals surface area contributed by atoms with Crippen molar-refractivity contribution in [2.75, 3.05) is 7.11 Å². The monoisotopic (exact) mass is 411 g/mol. The van der Waals surface area contributed by atoms with Crippen LogP contribution in [0.15, 0.2) is 84.9 Å². The number of aromatic nitrogens is 2. The minimum atomic E-state index is -0.451. The summed E-state index contributed by atoms with van der Waals surface area (Å²) in [5, 5.41) is 20.2. The number of nitro benzene ring substituents is 1. The molecule has 4 rings (SSSR count). The van der Waals surface area contributed by atoms with E-state index in [-0.39, 0.29) is 5.69 Å². The van der Waals surface area contributed by atoms with Gasteiger partial charge in [-0.25, -0.2) is 4.79 Å². The molecule has 152 valence electrons. The van der Waals surface area contributed by atoms with Crippen LogP contribution in [-0.4, -0.2) is 28.2 Å². The van der Waals surface area contributed by atoms with Gasteiger partial charge in [-0.1, -0.05) is 54.6 Å². The van der Waals surface area contributed by atoms with Gasteiger partial charge in [0.25, 0.3) is 5.69 Å². The van der Waals surface area contributed by atoms with Crippen LogP contribution >= 0.6 is 0 Å². The van der Waals surface area contributed by atoms with Gasteiger partial charge in [-0.3, -0.25) is 10.1 Å². The molecule has 0 aliphatic rings. The quantitative estimate of drug-likeness (QED) is 0.255. The number of esters is 1. The number of benzene rings is 3. The van der Waals surface area contributed by atoms with Crippen LogP contribution in [-0.2, 0) is 4.74 Å². The summed E-state index contributed by atoms with van der Waals surface area (Å²) in [5.74, 6) is -0.451. The Hall–Kier alpha value is -4.39. The number of nitro groups is 1. The van der Waals surface area contributed by atoms with Gasteiger partial charge in [-0.15, -0.1) is 10.2 Å². The molecule has 0 aliphatic carbocycles. The zero-order valence-corrected chi connectivity index (χ0v) is 16.6. The molecule has 0 fully saturated rings. The van der Waals surface area contributed by atoms with Crippen molar-refractivity contribution in [1.29, 1.82) is 0 Å². The summed E-state index contributed by atoms with van der Waals surface area (Å²) in [5.41, 5.74) is 3.97. The van der Waals surface area contributed by atoms with E-state index in [1.807, 2.05) is 36.4 Å². The third-order valence-corrected chi connectivity index (χ3v) is 4.81. The van der Waals surface area contributed by atoms with Crippen molar-refractivity contribution in [2.45, 2.75) is 0 Å². The van der Waals surface area contributed by atoms with Crippen molar-refractivity contribution in [1.82, 2.24) is 10.2 Å². The van der Waals surface area contributed by atoms with Crippen LogP contribution in [0.4, 0.5) is 5.69 Å². The standard InChI is InChI=1S/C24H17N3O4/c1-31-24(28)18-11-7-10-17(14-18)23-20(16-8-3-2-4-9-16)15-21(25-26-23)19-12-5-6-13-22(19)27(29)30/h2-15H,1H3. The maximum Gasteiger partial charge on any atom is 0.337 e. The van der Waals surface area contributed by atoms with Crippen LogP contribution in [0.5, 0.6) is 0 Å². The SMILES string of the molecule is COC(=O)c1cccc(-c2nnc(-c3ccccc3[N+](=O)[O-])cc2-c2ccccc2)c1. The van der Waals surface area contributed by atoms with Gasteiger partial charge < -0.3 is 4.74 Å². The van der Waals surface area contributed by atoms with Crippen molar-refractivity contribution in [3.8, 4) is 33.6 Å². The Morgan fingerprint density at radius 2 is 1.55 bits per heavy atom. The summed E-state index contributed by atoms with van der Waals surface area (Å²) >= 11 is 0. The van der Waals surface area contributed by atoms with Gasteiger partial charge in [0.2, 0.25) is 0 Å². The van der Waals surface area contributed by atoms with Crippen molar-refractivity contribution in [2.24, 2.45) is 0 Å². The third-order valence-electron chi connectivity index (χ3n) is 4.81. The molecule has 31 heavy (non-hydrogen) atoms. The highest BCUT2D eigenvalue weighted by Crippen LogP contribution is 2.35. The molecule has 0 spiro atoms. The number of carbonyl (C=O) groups excluding carboxylic acids is 1. The number of ether oxygens (including phenoxy) is 1. The highest BCUT2D eigenvalue weighted by molar-refractivity contribution is 5.92. The maximum absolute atomic E-state index is 12.0. The zero-order valence-electron chi connectivity index (χ0n) is 16.6. The molecule has 1 aromatic heterocycles. The number of carbonyl (C=O) groups is 1. The molecule has 4 aromatic rings. The summed E-state index contributed by atoms with van der Waals surface area (Å²) < 4.78 is 4.82. The van der Waals surface area contributed by atoms with Gasteiger partial charge in [0.15, 0.2) is 0 Å². The molecular formula is C24H17N3O4. The second kappa shape index (κ2) is 8.54. The Bertz CT molecular complexity index is 1270. The predicted octanol–water partition coefficient (Wildman–Crippen LogP) is 5.17. The second-order valence-corrected chi connectivity index (χ2v) is 6.70. The fourth-order valence-electron chi connectivity index (χ4n) is 3.34. The zero-order chi connectivity index (χ0) is 21.8. The van der Waals surface area contributed by atoms with E-state index in [2.05, 4.69) is 10.2 Å². The Morgan fingerprint density at radius 3 is 2.29 bits per heavy atom. The molecule has 0 N–H and O–H groups in total. The fraction of sp³-hybridized carbons (Fsp3) is 0.0417. The van der Waals surface area contributed by atoms with Gasteiger partial charge >= 0.3 is 5.97 Å². The molecule has 3 aromatic carbocycles. The summed E-state index contributed by atoms with van der Waals surface area (Å²) in [6, 6.07) is 24.7. The van der Waals surface area contributed by atoms with E-state index in [9.17, 15) is 14.9 Å². The van der Waals surface area contributed by atoms with Crippen molar-refractivity contribution in [3.63, 3.8) is 0 Å². The normalized spacial score (nSPS) is 10.5. The van der Waals surface area contributed by atoms with Crippen LogP contribution in [0.3, 0.4) is 0 Å². The minimum absolute atomic E-state index is 0.0451. The molecule has 0 amide bonds. The molecule has 1 heterocycles. The van der Waals surface area contributed by atoms with Gasteiger partial charge in [0.05, 0.1) is 23.2 Å². The van der Waals surface area contributed by atoms with Crippen LogP contribution < -0.4 is 0 Å². The summed E-state index contributed by atoms with van der Waals surface area (Å²) in [6.07, 6.45) is 0. The first kappa shape index (κ1) is 19.9. The number of hydrogen-bond acceptors (Lipinski definition) is 6. The van der Waals surface area contributed by atoms with E-state index in [0.29, 0.717) is 28.1 Å². The first-order chi connectivity index (χ1) is 15.1. The van der Waals surface area contributed by atoms with Gasteiger partial charge in [0.1, 0.15) is 11.4 Å². The lowest BCUT2D eigenvalue weighted by atomic mass is 9.97. The number of hydrogen-bond donors (Lipinski definition) is 0. The summed E-state index contributed by atoms with van der Waals surface area (Å²) in [4.78, 5) is 23.0. The van der Waals surface area contributed by atoms with Crippen LogP contribution in [0.25, 0.3) is 33.6 Å². The largest absolute Gasteiger partial charge is 0.465 e. The molecule has 0 aliphatic heterocycles. The number of para-hydroxylation sites is 1. The summed E-state index contributed by atoms with van der Waals surface area (Å²) in [6.45, 7) is 0. The van der Waals surface area contributed by atoms with E-state index in [1.54, 1.807) is 42.5 Å². The molecule has 0 bridgehead atoms. The molecule has 0 atom stereocenters. The lowest BCUT2D eigenvalue weighted by Crippen LogP contribution is -2.02. The average molecular weight is 411 g/mol. The van der Waals surface area contributed by atoms with E-state index >= 15 is 0 Å². The van der Waals surface area contributed by atoms with Gasteiger partial charge in [-0.05, 0) is 29.8 Å². The van der Waals surface area contributed by atoms with Crippen molar-refractivity contribution < 1.29 is 14.5 Å².